The largest absolute Gasteiger partial charge is 0.418 e. The van der Waals surface area contributed by atoms with Crippen LogP contribution in [-0.4, -0.2) is 64.8 Å². The molecule has 0 bridgehead atoms. The predicted octanol–water partition coefficient (Wildman–Crippen LogP) is 4.25. The number of nitrogens with zero attached hydrogens (tertiary/aromatic N) is 5. The van der Waals surface area contributed by atoms with Gasteiger partial charge < -0.3 is 20.1 Å². The third-order valence-corrected chi connectivity index (χ3v) is 7.49. The molecule has 0 saturated carbocycles. The van der Waals surface area contributed by atoms with Crippen LogP contribution in [0.15, 0.2) is 48.7 Å². The second kappa shape index (κ2) is 11.0. The van der Waals surface area contributed by atoms with Crippen molar-refractivity contribution in [2.45, 2.75) is 43.6 Å². The van der Waals surface area contributed by atoms with Crippen molar-refractivity contribution in [1.29, 1.82) is 0 Å². The van der Waals surface area contributed by atoms with Gasteiger partial charge in [0, 0.05) is 16.8 Å². The molecule has 212 valence electrons. The van der Waals surface area contributed by atoms with E-state index in [4.69, 9.17) is 16.3 Å². The monoisotopic (exact) mass is 693 g/mol. The first kappa shape index (κ1) is 28.9. The Hall–Kier alpha value is -2.63. The average Bonchev–Trinajstić information content (AvgIpc) is 3.46. The standard InChI is InChI=1S/C25H21ClF4IN5O4/c1-11-32-24(36(33-11)17-8-13(26)5-6-15(17)25(28,29)30)23-22(39)20(21(38)18(10-37)40-23)35-9-16(31)19(34-35)12-3-2-4-14(27)7-12/h2-9,18,20-23,37-39H,10H2,1H3/t18?,20-,21-,22?,23+/m0/s1. The molecule has 3 N–H and O–H groups in total. The Morgan fingerprint density at radius 2 is 1.85 bits per heavy atom. The van der Waals surface area contributed by atoms with Crippen LogP contribution in [-0.2, 0) is 10.9 Å². The molecule has 2 aromatic heterocycles. The summed E-state index contributed by atoms with van der Waals surface area (Å²) in [6.07, 6.45) is -9.08. The van der Waals surface area contributed by atoms with E-state index in [1.54, 1.807) is 6.07 Å². The Morgan fingerprint density at radius 3 is 2.52 bits per heavy atom. The number of ether oxygens (including phenoxy) is 1. The molecule has 1 fully saturated rings. The molecule has 1 saturated heterocycles. The van der Waals surface area contributed by atoms with Crippen molar-refractivity contribution in [2.24, 2.45) is 0 Å². The van der Waals surface area contributed by atoms with Crippen molar-refractivity contribution in [1.82, 2.24) is 24.5 Å². The molecule has 1 aliphatic heterocycles. The molecule has 5 atom stereocenters. The average molecular weight is 694 g/mol. The maximum atomic E-state index is 13.9. The quantitative estimate of drug-likeness (QED) is 0.211. The van der Waals surface area contributed by atoms with Crippen LogP contribution in [0.5, 0.6) is 0 Å². The van der Waals surface area contributed by atoms with Crippen LogP contribution in [0, 0.1) is 16.3 Å². The number of aromatic nitrogens is 5. The number of aliphatic hydroxyl groups is 3. The molecule has 5 rings (SSSR count). The Kier molecular flexibility index (Phi) is 7.93. The summed E-state index contributed by atoms with van der Waals surface area (Å²) in [5, 5.41) is 41.1. The highest BCUT2D eigenvalue weighted by molar-refractivity contribution is 14.1. The lowest BCUT2D eigenvalue weighted by Gasteiger charge is -2.42. The molecule has 15 heteroatoms. The van der Waals surface area contributed by atoms with Crippen molar-refractivity contribution in [3.63, 3.8) is 0 Å². The van der Waals surface area contributed by atoms with Crippen molar-refractivity contribution in [3.8, 4) is 16.9 Å². The number of rotatable bonds is 5. The molecule has 9 nitrogen and oxygen atoms in total. The first-order valence-electron chi connectivity index (χ1n) is 11.8. The molecule has 1 aliphatic rings. The van der Waals surface area contributed by atoms with Crippen LogP contribution >= 0.6 is 34.2 Å². The van der Waals surface area contributed by atoms with Gasteiger partial charge >= 0.3 is 6.18 Å². The molecular weight excluding hydrogens is 673 g/mol. The van der Waals surface area contributed by atoms with E-state index in [1.807, 2.05) is 22.6 Å². The molecule has 40 heavy (non-hydrogen) atoms. The van der Waals surface area contributed by atoms with E-state index >= 15 is 0 Å². The van der Waals surface area contributed by atoms with E-state index in [1.165, 1.54) is 36.0 Å². The smallest absolute Gasteiger partial charge is 0.394 e. The summed E-state index contributed by atoms with van der Waals surface area (Å²) >= 11 is 8.00. The molecule has 0 amide bonds. The summed E-state index contributed by atoms with van der Waals surface area (Å²) in [5.41, 5.74) is -0.678. The minimum Gasteiger partial charge on any atom is -0.394 e. The minimum absolute atomic E-state index is 0.00439. The molecule has 0 radical (unpaired) electrons. The lowest BCUT2D eigenvalue weighted by molar-refractivity contribution is -0.210. The molecule has 3 heterocycles. The van der Waals surface area contributed by atoms with E-state index in [2.05, 4.69) is 15.2 Å². The van der Waals surface area contributed by atoms with Gasteiger partial charge in [-0.3, -0.25) is 4.68 Å². The SMILES string of the molecule is Cc1nc([C@@H]2OC(CO)[C@H](O)[C@H](n3cc(I)c(-c4cccc(F)c4)n3)C2O)n(-c2cc(Cl)ccc2C(F)(F)F)n1. The molecule has 0 aliphatic carbocycles. The third-order valence-electron chi connectivity index (χ3n) is 6.47. The van der Waals surface area contributed by atoms with Gasteiger partial charge in [0.2, 0.25) is 0 Å². The van der Waals surface area contributed by atoms with E-state index < -0.39 is 60.3 Å². The highest BCUT2D eigenvalue weighted by Gasteiger charge is 2.49. The maximum absolute atomic E-state index is 13.9. The van der Waals surface area contributed by atoms with E-state index in [9.17, 15) is 32.9 Å². The second-order valence-corrected chi connectivity index (χ2v) is 10.8. The lowest BCUT2D eigenvalue weighted by atomic mass is 9.92. The lowest BCUT2D eigenvalue weighted by Crippen LogP contribution is -2.53. The minimum atomic E-state index is -4.77. The number of benzene rings is 2. The number of hydrogen-bond donors (Lipinski definition) is 3. The summed E-state index contributed by atoms with van der Waals surface area (Å²) in [4.78, 5) is 4.24. The van der Waals surface area contributed by atoms with Crippen LogP contribution in [0.2, 0.25) is 5.02 Å². The third kappa shape index (κ3) is 5.35. The van der Waals surface area contributed by atoms with Gasteiger partial charge in [-0.15, -0.1) is 0 Å². The number of aliphatic hydroxyl groups excluding tert-OH is 3. The number of alkyl halides is 3. The van der Waals surface area contributed by atoms with Gasteiger partial charge in [0.1, 0.15) is 47.8 Å². The van der Waals surface area contributed by atoms with E-state index in [0.29, 0.717) is 14.8 Å². The van der Waals surface area contributed by atoms with Gasteiger partial charge in [-0.05, 0) is 59.8 Å². The van der Waals surface area contributed by atoms with Crippen molar-refractivity contribution < 1.29 is 37.6 Å². The topological polar surface area (TPSA) is 118 Å². The Morgan fingerprint density at radius 1 is 1.10 bits per heavy atom. The van der Waals surface area contributed by atoms with Crippen LogP contribution in [0.25, 0.3) is 16.9 Å². The zero-order valence-corrected chi connectivity index (χ0v) is 23.4. The highest BCUT2D eigenvalue weighted by Crippen LogP contribution is 2.41. The van der Waals surface area contributed by atoms with Gasteiger partial charge in [0.25, 0.3) is 0 Å². The summed E-state index contributed by atoms with van der Waals surface area (Å²) < 4.78 is 64.0. The van der Waals surface area contributed by atoms with Gasteiger partial charge in [0.05, 0.1) is 21.4 Å². The predicted molar refractivity (Wildman–Crippen MR) is 142 cm³/mol. The fourth-order valence-corrected chi connectivity index (χ4v) is 5.57. The van der Waals surface area contributed by atoms with Gasteiger partial charge in [0.15, 0.2) is 5.82 Å². The Bertz CT molecular complexity index is 1550. The highest BCUT2D eigenvalue weighted by atomic mass is 127. The number of hydrogen-bond acceptors (Lipinski definition) is 7. The Balaban J connectivity index is 1.61. The zero-order chi connectivity index (χ0) is 28.9. The molecule has 4 aromatic rings. The molecule has 2 aromatic carbocycles. The van der Waals surface area contributed by atoms with Crippen LogP contribution < -0.4 is 0 Å². The zero-order valence-electron chi connectivity index (χ0n) is 20.5. The van der Waals surface area contributed by atoms with Crippen LogP contribution in [0.4, 0.5) is 17.6 Å². The molecular formula is C25H21ClF4IN5O4. The summed E-state index contributed by atoms with van der Waals surface area (Å²) in [5.74, 6) is -0.618. The first-order chi connectivity index (χ1) is 18.9. The van der Waals surface area contributed by atoms with Crippen molar-refractivity contribution in [2.75, 3.05) is 6.61 Å². The summed E-state index contributed by atoms with van der Waals surface area (Å²) in [7, 11) is 0. The number of aryl methyl sites for hydroxylation is 1. The summed E-state index contributed by atoms with van der Waals surface area (Å²) in [6, 6.07) is 7.43. The van der Waals surface area contributed by atoms with Crippen LogP contribution in [0.1, 0.15) is 29.4 Å². The normalized spacial score (nSPS) is 23.5. The Labute approximate surface area is 243 Å². The van der Waals surface area contributed by atoms with Crippen LogP contribution in [0.3, 0.4) is 0 Å². The van der Waals surface area contributed by atoms with E-state index in [0.717, 1.165) is 22.9 Å². The molecule has 2 unspecified atom stereocenters. The van der Waals surface area contributed by atoms with E-state index in [-0.39, 0.29) is 16.7 Å². The van der Waals surface area contributed by atoms with Gasteiger partial charge in [-0.1, -0.05) is 23.7 Å². The van der Waals surface area contributed by atoms with Gasteiger partial charge in [-0.25, -0.2) is 14.1 Å². The maximum Gasteiger partial charge on any atom is 0.418 e. The second-order valence-electron chi connectivity index (χ2n) is 9.15. The van der Waals surface area contributed by atoms with Gasteiger partial charge in [-0.2, -0.15) is 23.4 Å². The number of halogens is 6. The molecule has 0 spiro atoms. The van der Waals surface area contributed by atoms with Crippen molar-refractivity contribution >= 4 is 34.2 Å². The van der Waals surface area contributed by atoms with Crippen molar-refractivity contribution in [3.05, 3.63) is 80.3 Å². The first-order valence-corrected chi connectivity index (χ1v) is 13.3. The summed E-state index contributed by atoms with van der Waals surface area (Å²) in [6.45, 7) is 0.762. The fraction of sp³-hybridized carbons (Fsp3) is 0.320. The fourth-order valence-electron chi connectivity index (χ4n) is 4.69.